The third kappa shape index (κ3) is 4.06. The summed E-state index contributed by atoms with van der Waals surface area (Å²) in [6.07, 6.45) is 1.89. The third-order valence-corrected chi connectivity index (χ3v) is 5.65. The average molecular weight is 447 g/mol. The smallest absolute Gasteiger partial charge is 0.297 e. The predicted octanol–water partition coefficient (Wildman–Crippen LogP) is 2.36. The molecule has 4 heterocycles. The van der Waals surface area contributed by atoms with E-state index < -0.39 is 0 Å². The van der Waals surface area contributed by atoms with Gasteiger partial charge in [0.05, 0.1) is 26.0 Å². The van der Waals surface area contributed by atoms with Crippen molar-refractivity contribution in [1.29, 1.82) is 0 Å². The van der Waals surface area contributed by atoms with E-state index in [0.717, 1.165) is 22.1 Å². The Morgan fingerprint density at radius 3 is 2.70 bits per heavy atom. The summed E-state index contributed by atoms with van der Waals surface area (Å²) in [5.74, 6) is 1.12. The number of morpholine rings is 1. The maximum Gasteiger partial charge on any atom is 0.297 e. The Hall–Kier alpha value is -3.76. The molecule has 1 aliphatic rings. The molecule has 0 radical (unpaired) electrons. The van der Waals surface area contributed by atoms with Crippen LogP contribution in [0.5, 0.6) is 0 Å². The van der Waals surface area contributed by atoms with Gasteiger partial charge in [0.15, 0.2) is 17.2 Å². The first-order valence-electron chi connectivity index (χ1n) is 10.7. The van der Waals surface area contributed by atoms with Gasteiger partial charge in [0, 0.05) is 44.0 Å². The lowest BCUT2D eigenvalue weighted by Crippen LogP contribution is -2.37. The highest BCUT2D eigenvalue weighted by atomic mass is 16.7. The number of hydroxylamine groups is 2. The molecule has 0 unspecified atom stereocenters. The van der Waals surface area contributed by atoms with Crippen LogP contribution in [0.1, 0.15) is 16.1 Å². The Kier molecular flexibility index (Phi) is 5.53. The average Bonchev–Trinajstić information content (AvgIpc) is 3.50. The second-order valence-corrected chi connectivity index (χ2v) is 7.87. The fourth-order valence-electron chi connectivity index (χ4n) is 3.84. The molecule has 5 rings (SSSR count). The Morgan fingerprint density at radius 2 is 1.94 bits per heavy atom. The highest BCUT2D eigenvalue weighted by molar-refractivity contribution is 5.92. The number of carbonyl (C=O) groups is 1. The summed E-state index contributed by atoms with van der Waals surface area (Å²) in [4.78, 5) is 24.6. The monoisotopic (exact) mass is 447 g/mol. The van der Waals surface area contributed by atoms with Gasteiger partial charge in [-0.05, 0) is 19.1 Å². The van der Waals surface area contributed by atoms with Crippen LogP contribution < -0.4 is 4.90 Å². The second kappa shape index (κ2) is 8.64. The number of aryl methyl sites for hydroxylation is 1. The van der Waals surface area contributed by atoms with Gasteiger partial charge in [-0.15, -0.1) is 0 Å². The lowest BCUT2D eigenvalue weighted by molar-refractivity contribution is -0.0760. The van der Waals surface area contributed by atoms with E-state index in [1.165, 1.54) is 12.7 Å². The molecule has 10 nitrogen and oxygen atoms in total. The lowest BCUT2D eigenvalue weighted by Gasteiger charge is -2.29. The zero-order valence-electron chi connectivity index (χ0n) is 18.8. The summed E-state index contributed by atoms with van der Waals surface area (Å²) in [5.41, 5.74) is 3.88. The summed E-state index contributed by atoms with van der Waals surface area (Å²) >= 11 is 0. The number of hydrogen-bond donors (Lipinski definition) is 0. The standard InChI is InChI=1S/C23H25N7O3/c1-16-5-4-6-17(13-16)18-7-8-29(25-18)20-15-22(28-9-11-33-12-10-28)30-21(24-20)14-19(26-30)23(31)27(2)32-3/h4-8,13-15H,9-12H2,1-3H3. The summed E-state index contributed by atoms with van der Waals surface area (Å²) < 4.78 is 8.96. The zero-order valence-corrected chi connectivity index (χ0v) is 18.8. The number of aromatic nitrogens is 5. The molecule has 0 atom stereocenters. The number of carbonyl (C=O) groups excluding carboxylic acids is 1. The summed E-state index contributed by atoms with van der Waals surface area (Å²) in [5, 5.41) is 10.4. The van der Waals surface area contributed by atoms with Crippen LogP contribution in [0.2, 0.25) is 0 Å². The molecule has 1 aliphatic heterocycles. The van der Waals surface area contributed by atoms with Gasteiger partial charge < -0.3 is 9.64 Å². The minimum Gasteiger partial charge on any atom is -0.378 e. The Morgan fingerprint density at radius 1 is 1.12 bits per heavy atom. The van der Waals surface area contributed by atoms with Crippen molar-refractivity contribution < 1.29 is 14.4 Å². The number of rotatable bonds is 5. The van der Waals surface area contributed by atoms with Crippen LogP contribution in [0.4, 0.5) is 5.82 Å². The number of amides is 1. The highest BCUT2D eigenvalue weighted by Gasteiger charge is 2.22. The quantitative estimate of drug-likeness (QED) is 0.434. The van der Waals surface area contributed by atoms with Gasteiger partial charge in [-0.3, -0.25) is 9.63 Å². The molecule has 10 heteroatoms. The highest BCUT2D eigenvalue weighted by Crippen LogP contribution is 2.24. The molecule has 0 N–H and O–H groups in total. The van der Waals surface area contributed by atoms with E-state index in [1.54, 1.807) is 22.3 Å². The van der Waals surface area contributed by atoms with Gasteiger partial charge in [0.25, 0.3) is 5.91 Å². The Balaban J connectivity index is 1.60. The van der Waals surface area contributed by atoms with E-state index in [2.05, 4.69) is 29.1 Å². The van der Waals surface area contributed by atoms with Gasteiger partial charge in [-0.1, -0.05) is 23.8 Å². The summed E-state index contributed by atoms with van der Waals surface area (Å²) in [6.45, 7) is 4.74. The van der Waals surface area contributed by atoms with Crippen LogP contribution in [0.15, 0.2) is 48.7 Å². The lowest BCUT2D eigenvalue weighted by atomic mass is 10.1. The minimum atomic E-state index is -0.349. The molecule has 33 heavy (non-hydrogen) atoms. The predicted molar refractivity (Wildman–Crippen MR) is 122 cm³/mol. The number of nitrogens with zero attached hydrogens (tertiary/aromatic N) is 7. The molecule has 1 fully saturated rings. The van der Waals surface area contributed by atoms with Crippen molar-refractivity contribution in [2.45, 2.75) is 6.92 Å². The Bertz CT molecular complexity index is 1310. The van der Waals surface area contributed by atoms with E-state index >= 15 is 0 Å². The molecular weight excluding hydrogens is 422 g/mol. The molecule has 0 aliphatic carbocycles. The topological polar surface area (TPSA) is 90.0 Å². The van der Waals surface area contributed by atoms with Gasteiger partial charge in [-0.2, -0.15) is 14.7 Å². The first-order valence-corrected chi connectivity index (χ1v) is 10.7. The van der Waals surface area contributed by atoms with Gasteiger partial charge in [0.2, 0.25) is 0 Å². The molecule has 1 amide bonds. The van der Waals surface area contributed by atoms with Crippen LogP contribution in [-0.4, -0.2) is 75.8 Å². The van der Waals surface area contributed by atoms with Crippen LogP contribution in [-0.2, 0) is 9.57 Å². The van der Waals surface area contributed by atoms with Gasteiger partial charge in [-0.25, -0.2) is 14.7 Å². The molecule has 170 valence electrons. The first-order chi connectivity index (χ1) is 16.0. The number of anilines is 1. The Labute approximate surface area is 190 Å². The van der Waals surface area contributed by atoms with Crippen molar-refractivity contribution in [2.24, 2.45) is 0 Å². The largest absolute Gasteiger partial charge is 0.378 e. The van der Waals surface area contributed by atoms with E-state index in [9.17, 15) is 4.79 Å². The van der Waals surface area contributed by atoms with Crippen LogP contribution in [0, 0.1) is 6.92 Å². The molecule has 1 saturated heterocycles. The van der Waals surface area contributed by atoms with E-state index in [1.807, 2.05) is 30.5 Å². The SMILES string of the molecule is CON(C)C(=O)c1cc2nc(-n3ccc(-c4cccc(C)c4)n3)cc(N3CCOCC3)n2n1. The molecule has 3 aromatic heterocycles. The van der Waals surface area contributed by atoms with Crippen molar-refractivity contribution >= 4 is 17.4 Å². The van der Waals surface area contributed by atoms with E-state index in [4.69, 9.17) is 19.7 Å². The van der Waals surface area contributed by atoms with Crippen molar-refractivity contribution in [3.8, 4) is 17.1 Å². The van der Waals surface area contributed by atoms with Gasteiger partial charge in [0.1, 0.15) is 5.82 Å². The summed E-state index contributed by atoms with van der Waals surface area (Å²) in [7, 11) is 2.98. The van der Waals surface area contributed by atoms with E-state index in [0.29, 0.717) is 37.8 Å². The van der Waals surface area contributed by atoms with Crippen molar-refractivity contribution in [2.75, 3.05) is 45.4 Å². The summed E-state index contributed by atoms with van der Waals surface area (Å²) in [6, 6.07) is 13.8. The number of hydrogen-bond acceptors (Lipinski definition) is 7. The number of fused-ring (bicyclic) bond motifs is 1. The van der Waals surface area contributed by atoms with Crippen LogP contribution in [0.25, 0.3) is 22.7 Å². The molecule has 0 spiro atoms. The fraction of sp³-hybridized carbons (Fsp3) is 0.304. The second-order valence-electron chi connectivity index (χ2n) is 7.87. The maximum atomic E-state index is 12.6. The van der Waals surface area contributed by atoms with Crippen molar-refractivity contribution in [1.82, 2.24) is 29.4 Å². The molecule has 0 bridgehead atoms. The number of benzene rings is 1. The minimum absolute atomic E-state index is 0.249. The molecule has 0 saturated carbocycles. The van der Waals surface area contributed by atoms with Crippen LogP contribution >= 0.6 is 0 Å². The third-order valence-electron chi connectivity index (χ3n) is 5.65. The molecular formula is C23H25N7O3. The van der Waals surface area contributed by atoms with E-state index in [-0.39, 0.29) is 11.6 Å². The van der Waals surface area contributed by atoms with Crippen molar-refractivity contribution in [3.05, 3.63) is 59.9 Å². The van der Waals surface area contributed by atoms with Gasteiger partial charge >= 0.3 is 0 Å². The van der Waals surface area contributed by atoms with Crippen molar-refractivity contribution in [3.63, 3.8) is 0 Å². The maximum absolute atomic E-state index is 12.6. The zero-order chi connectivity index (χ0) is 22.9. The molecule has 1 aromatic carbocycles. The first kappa shape index (κ1) is 21.1. The van der Waals surface area contributed by atoms with Crippen LogP contribution in [0.3, 0.4) is 0 Å². The fourth-order valence-corrected chi connectivity index (χ4v) is 3.84. The molecule has 4 aromatic rings. The normalized spacial score (nSPS) is 14.1. The number of ether oxygens (including phenoxy) is 1.